The van der Waals surface area contributed by atoms with Gasteiger partial charge in [0.1, 0.15) is 12.4 Å². The van der Waals surface area contributed by atoms with E-state index in [1.165, 1.54) is 263 Å². The van der Waals surface area contributed by atoms with E-state index in [4.69, 9.17) is 0 Å². The van der Waals surface area contributed by atoms with Crippen LogP contribution in [-0.4, -0.2) is 4.98 Å². The van der Waals surface area contributed by atoms with E-state index in [1.54, 1.807) is 5.82 Å². The number of unbranched alkanes of at least 4 members (excludes halogenated alkanes) is 35. The Hall–Kier alpha value is -0.790. The van der Waals surface area contributed by atoms with Crippen molar-refractivity contribution in [3.8, 4) is 0 Å². The molecule has 0 radical (unpaired) electrons. The SMILES string of the molecule is CCCCCCCCCCCCCCCCC(CCCCCCCCCCCCCCCC)c1[nH]cc[n+]1C(C)CCCCCCCCCCCC. The standard InChI is InChI=1S/C50H98N2/c1-5-8-11-14-17-20-23-25-27-29-32-35-38-41-44-49(45-42-39-36-33-30-28-26-24-21-18-15-12-9-6-2)50-51-46-47-52(50)48(4)43-40-37-34-31-22-19-16-13-10-7-3/h46-49H,5-45H2,1-4H3/p+1. The fourth-order valence-corrected chi connectivity index (χ4v) is 8.73. The third-order valence-corrected chi connectivity index (χ3v) is 12.4. The highest BCUT2D eigenvalue weighted by Crippen LogP contribution is 2.28. The fourth-order valence-electron chi connectivity index (χ4n) is 8.73. The molecule has 308 valence electrons. The summed E-state index contributed by atoms with van der Waals surface area (Å²) in [5.41, 5.74) is 0. The van der Waals surface area contributed by atoms with E-state index in [0.29, 0.717) is 12.0 Å². The topological polar surface area (TPSA) is 19.7 Å². The maximum absolute atomic E-state index is 3.79. The maximum atomic E-state index is 3.79. The van der Waals surface area contributed by atoms with Gasteiger partial charge in [-0.15, -0.1) is 0 Å². The molecular weight excluding hydrogens is 629 g/mol. The van der Waals surface area contributed by atoms with Gasteiger partial charge in [-0.05, 0) is 32.6 Å². The van der Waals surface area contributed by atoms with Gasteiger partial charge in [-0.3, -0.25) is 0 Å². The first-order valence-corrected chi connectivity index (χ1v) is 24.8. The lowest BCUT2D eigenvalue weighted by atomic mass is 9.92. The van der Waals surface area contributed by atoms with Crippen molar-refractivity contribution in [2.45, 2.75) is 303 Å². The van der Waals surface area contributed by atoms with Gasteiger partial charge in [0.05, 0.1) is 12.0 Å². The molecule has 1 atom stereocenters. The second kappa shape index (κ2) is 39.9. The molecule has 1 rings (SSSR count). The van der Waals surface area contributed by atoms with Crippen LogP contribution in [0.2, 0.25) is 0 Å². The van der Waals surface area contributed by atoms with Gasteiger partial charge in [0.25, 0.3) is 5.82 Å². The maximum Gasteiger partial charge on any atom is 0.257 e. The van der Waals surface area contributed by atoms with E-state index >= 15 is 0 Å². The normalized spacial score (nSPS) is 12.4. The van der Waals surface area contributed by atoms with Crippen LogP contribution in [0.25, 0.3) is 0 Å². The molecule has 0 fully saturated rings. The highest BCUT2D eigenvalue weighted by atomic mass is 15.1. The zero-order chi connectivity index (χ0) is 37.4. The molecule has 1 N–H and O–H groups in total. The number of nitrogens with zero attached hydrogens (tertiary/aromatic N) is 1. The van der Waals surface area contributed by atoms with E-state index in [9.17, 15) is 0 Å². The summed E-state index contributed by atoms with van der Waals surface area (Å²) in [7, 11) is 0. The monoisotopic (exact) mass is 728 g/mol. The number of H-pyrrole nitrogens is 1. The lowest BCUT2D eigenvalue weighted by molar-refractivity contribution is -0.727. The Morgan fingerprint density at radius 3 is 0.904 bits per heavy atom. The van der Waals surface area contributed by atoms with Crippen LogP contribution in [0, 0.1) is 0 Å². The smallest absolute Gasteiger partial charge is 0.247 e. The van der Waals surface area contributed by atoms with Gasteiger partial charge in [-0.1, -0.05) is 258 Å². The molecule has 0 saturated carbocycles. The van der Waals surface area contributed by atoms with Crippen LogP contribution in [0.1, 0.15) is 309 Å². The van der Waals surface area contributed by atoms with Gasteiger partial charge in [0, 0.05) is 0 Å². The molecule has 1 heterocycles. The Bertz CT molecular complexity index is 766. The predicted octanol–water partition coefficient (Wildman–Crippen LogP) is 18.0. The van der Waals surface area contributed by atoms with Crippen molar-refractivity contribution >= 4 is 0 Å². The van der Waals surface area contributed by atoms with E-state index in [-0.39, 0.29) is 0 Å². The first-order chi connectivity index (χ1) is 25.7. The Balaban J connectivity index is 2.37. The Morgan fingerprint density at radius 1 is 0.365 bits per heavy atom. The second-order valence-corrected chi connectivity index (χ2v) is 17.5. The first-order valence-electron chi connectivity index (χ1n) is 24.8. The van der Waals surface area contributed by atoms with E-state index in [1.807, 2.05) is 0 Å². The van der Waals surface area contributed by atoms with Crippen LogP contribution in [0.3, 0.4) is 0 Å². The zero-order valence-electron chi connectivity index (χ0n) is 36.7. The summed E-state index contributed by atoms with van der Waals surface area (Å²) in [6, 6.07) is 0.616. The molecule has 52 heavy (non-hydrogen) atoms. The average molecular weight is 728 g/mol. The number of aromatic nitrogens is 2. The Kier molecular flexibility index (Phi) is 37.8. The summed E-state index contributed by atoms with van der Waals surface area (Å²) in [5.74, 6) is 2.25. The van der Waals surface area contributed by atoms with Crippen molar-refractivity contribution < 1.29 is 4.57 Å². The molecule has 0 saturated heterocycles. The van der Waals surface area contributed by atoms with Crippen LogP contribution in [0.15, 0.2) is 12.4 Å². The fraction of sp³-hybridized carbons (Fsp3) is 0.940. The third kappa shape index (κ3) is 30.5. The predicted molar refractivity (Wildman–Crippen MR) is 235 cm³/mol. The Morgan fingerprint density at radius 2 is 0.615 bits per heavy atom. The van der Waals surface area contributed by atoms with Crippen molar-refractivity contribution in [2.24, 2.45) is 0 Å². The quantitative estimate of drug-likeness (QED) is 0.0510. The molecule has 1 aromatic rings. The van der Waals surface area contributed by atoms with Gasteiger partial charge >= 0.3 is 0 Å². The van der Waals surface area contributed by atoms with E-state index < -0.39 is 0 Å². The molecule has 0 aliphatic heterocycles. The van der Waals surface area contributed by atoms with Crippen molar-refractivity contribution in [3.05, 3.63) is 18.2 Å². The zero-order valence-corrected chi connectivity index (χ0v) is 36.7. The highest BCUT2D eigenvalue weighted by molar-refractivity contribution is 4.90. The van der Waals surface area contributed by atoms with E-state index in [2.05, 4.69) is 49.6 Å². The lowest BCUT2D eigenvalue weighted by Gasteiger charge is -2.17. The summed E-state index contributed by atoms with van der Waals surface area (Å²) in [5, 5.41) is 0. The summed E-state index contributed by atoms with van der Waals surface area (Å²) in [6.45, 7) is 9.44. The lowest BCUT2D eigenvalue weighted by Crippen LogP contribution is -2.41. The van der Waals surface area contributed by atoms with Crippen LogP contribution < -0.4 is 4.57 Å². The van der Waals surface area contributed by atoms with Crippen LogP contribution in [0.4, 0.5) is 0 Å². The molecule has 0 aliphatic carbocycles. The summed E-state index contributed by atoms with van der Waals surface area (Å²) < 4.78 is 2.66. The molecule has 1 unspecified atom stereocenters. The summed E-state index contributed by atoms with van der Waals surface area (Å²) in [6.07, 6.45) is 63.6. The van der Waals surface area contributed by atoms with Crippen molar-refractivity contribution in [3.63, 3.8) is 0 Å². The van der Waals surface area contributed by atoms with Gasteiger partial charge in [-0.2, -0.15) is 0 Å². The number of imidazole rings is 1. The van der Waals surface area contributed by atoms with Gasteiger partial charge in [-0.25, -0.2) is 9.55 Å². The van der Waals surface area contributed by atoms with E-state index in [0.717, 1.165) is 0 Å². The minimum absolute atomic E-state index is 0.616. The number of aromatic amines is 1. The first kappa shape index (κ1) is 49.2. The number of hydrogen-bond donors (Lipinski definition) is 1. The number of nitrogens with one attached hydrogen (secondary N) is 1. The summed E-state index contributed by atoms with van der Waals surface area (Å²) in [4.78, 5) is 3.79. The van der Waals surface area contributed by atoms with Crippen LogP contribution in [0.5, 0.6) is 0 Å². The Labute approximate surface area is 329 Å². The van der Waals surface area contributed by atoms with Crippen molar-refractivity contribution in [2.75, 3.05) is 0 Å². The molecule has 1 aromatic heterocycles. The number of hydrogen-bond acceptors (Lipinski definition) is 0. The van der Waals surface area contributed by atoms with Gasteiger partial charge in [0.2, 0.25) is 0 Å². The third-order valence-electron chi connectivity index (χ3n) is 12.4. The minimum Gasteiger partial charge on any atom is -0.247 e. The van der Waals surface area contributed by atoms with Crippen molar-refractivity contribution in [1.82, 2.24) is 4.98 Å². The van der Waals surface area contributed by atoms with Gasteiger partial charge in [0.15, 0.2) is 0 Å². The highest BCUT2D eigenvalue weighted by Gasteiger charge is 2.25. The summed E-state index contributed by atoms with van der Waals surface area (Å²) >= 11 is 0. The van der Waals surface area contributed by atoms with Crippen LogP contribution >= 0.6 is 0 Å². The minimum atomic E-state index is 0.616. The van der Waals surface area contributed by atoms with Crippen molar-refractivity contribution in [1.29, 1.82) is 0 Å². The molecule has 0 aliphatic rings. The molecular formula is C50H99N2+. The van der Waals surface area contributed by atoms with Gasteiger partial charge < -0.3 is 0 Å². The van der Waals surface area contributed by atoms with Crippen LogP contribution in [-0.2, 0) is 0 Å². The molecule has 0 bridgehead atoms. The second-order valence-electron chi connectivity index (χ2n) is 17.5. The molecule has 2 nitrogen and oxygen atoms in total. The molecule has 2 heteroatoms. The molecule has 0 aromatic carbocycles. The molecule has 0 amide bonds. The molecule has 0 spiro atoms. The number of rotatable bonds is 43. The largest absolute Gasteiger partial charge is 0.257 e. The average Bonchev–Trinajstić information content (AvgIpc) is 3.65.